The van der Waals surface area contributed by atoms with Crippen molar-refractivity contribution >= 4 is 6.09 Å². The molecule has 4 nitrogen and oxygen atoms in total. The summed E-state index contributed by atoms with van der Waals surface area (Å²) in [7, 11) is 0. The van der Waals surface area contributed by atoms with Gasteiger partial charge in [0.25, 0.3) is 0 Å². The van der Waals surface area contributed by atoms with Crippen LogP contribution in [0.5, 0.6) is 0 Å². The summed E-state index contributed by atoms with van der Waals surface area (Å²) in [5, 5.41) is 2.98. The predicted octanol–water partition coefficient (Wildman–Crippen LogP) is 4.29. The first-order chi connectivity index (χ1) is 10.9. The lowest BCUT2D eigenvalue weighted by molar-refractivity contribution is 0.0453. The van der Waals surface area contributed by atoms with Crippen LogP contribution in [-0.2, 0) is 16.1 Å². The number of amides is 1. The smallest absolute Gasteiger partial charge is 0.407 e. The van der Waals surface area contributed by atoms with Crippen LogP contribution in [0.1, 0.15) is 52.0 Å². The van der Waals surface area contributed by atoms with Gasteiger partial charge in [0.15, 0.2) is 0 Å². The summed E-state index contributed by atoms with van der Waals surface area (Å²) in [5.74, 6) is 0.593. The number of hydrogen-bond acceptors (Lipinski definition) is 3. The van der Waals surface area contributed by atoms with E-state index < -0.39 is 5.60 Å². The lowest BCUT2D eigenvalue weighted by atomic mass is 9.86. The van der Waals surface area contributed by atoms with Crippen LogP contribution in [0.15, 0.2) is 30.3 Å². The van der Waals surface area contributed by atoms with E-state index in [2.05, 4.69) is 17.4 Å². The molecule has 0 atom stereocenters. The molecule has 1 saturated carbocycles. The average Bonchev–Trinajstić information content (AvgIpc) is 2.48. The molecule has 4 heteroatoms. The first kappa shape index (κ1) is 17.8. The van der Waals surface area contributed by atoms with Gasteiger partial charge in [-0.25, -0.2) is 4.79 Å². The van der Waals surface area contributed by atoms with Gasteiger partial charge in [-0.2, -0.15) is 0 Å². The van der Waals surface area contributed by atoms with E-state index in [1.165, 1.54) is 5.56 Å². The van der Waals surface area contributed by atoms with E-state index in [-0.39, 0.29) is 12.1 Å². The summed E-state index contributed by atoms with van der Waals surface area (Å²) in [6, 6.07) is 10.5. The molecule has 0 heterocycles. The van der Waals surface area contributed by atoms with Crippen LogP contribution in [0.25, 0.3) is 0 Å². The first-order valence-electron chi connectivity index (χ1n) is 8.53. The van der Waals surface area contributed by atoms with Gasteiger partial charge in [-0.1, -0.05) is 30.3 Å². The molecular formula is C19H29NO3. The second-order valence-electron chi connectivity index (χ2n) is 7.36. The molecule has 0 radical (unpaired) electrons. The fourth-order valence-corrected chi connectivity index (χ4v) is 2.87. The van der Waals surface area contributed by atoms with Gasteiger partial charge < -0.3 is 14.8 Å². The Morgan fingerprint density at radius 1 is 1.13 bits per heavy atom. The fourth-order valence-electron chi connectivity index (χ4n) is 2.87. The Morgan fingerprint density at radius 2 is 1.78 bits per heavy atom. The number of rotatable bonds is 5. The van der Waals surface area contributed by atoms with Crippen molar-refractivity contribution in [2.75, 3.05) is 6.61 Å². The molecular weight excluding hydrogens is 290 g/mol. The van der Waals surface area contributed by atoms with Crippen molar-refractivity contribution < 1.29 is 14.3 Å². The Hall–Kier alpha value is -1.55. The molecule has 0 unspecified atom stereocenters. The van der Waals surface area contributed by atoms with Gasteiger partial charge in [0.2, 0.25) is 0 Å². The molecule has 1 aliphatic rings. The van der Waals surface area contributed by atoms with Crippen LogP contribution in [0, 0.1) is 5.92 Å². The summed E-state index contributed by atoms with van der Waals surface area (Å²) < 4.78 is 11.1. The third kappa shape index (κ3) is 7.04. The topological polar surface area (TPSA) is 47.6 Å². The van der Waals surface area contributed by atoms with Crippen molar-refractivity contribution in [3.05, 3.63) is 35.9 Å². The number of carbonyl (C=O) groups is 1. The summed E-state index contributed by atoms with van der Waals surface area (Å²) in [6.45, 7) is 7.12. The summed E-state index contributed by atoms with van der Waals surface area (Å²) in [6.07, 6.45) is 3.88. The second-order valence-corrected chi connectivity index (χ2v) is 7.36. The Labute approximate surface area is 139 Å². The summed E-state index contributed by atoms with van der Waals surface area (Å²) >= 11 is 0. The van der Waals surface area contributed by atoms with Crippen molar-refractivity contribution in [2.45, 2.75) is 64.7 Å². The highest BCUT2D eigenvalue weighted by Gasteiger charge is 2.24. The maximum absolute atomic E-state index is 11.8. The van der Waals surface area contributed by atoms with Gasteiger partial charge >= 0.3 is 6.09 Å². The van der Waals surface area contributed by atoms with Crippen molar-refractivity contribution in [1.29, 1.82) is 0 Å². The number of carbonyl (C=O) groups excluding carboxylic acids is 1. The Kier molecular flexibility index (Phi) is 6.46. The van der Waals surface area contributed by atoms with E-state index in [0.717, 1.165) is 32.3 Å². The molecule has 1 aromatic rings. The lowest BCUT2D eigenvalue weighted by Gasteiger charge is -2.30. The second kappa shape index (κ2) is 8.34. The van der Waals surface area contributed by atoms with Crippen LogP contribution in [-0.4, -0.2) is 24.3 Å². The normalized spacial score (nSPS) is 21.7. The van der Waals surface area contributed by atoms with E-state index >= 15 is 0 Å². The number of benzene rings is 1. The summed E-state index contributed by atoms with van der Waals surface area (Å²) in [5.41, 5.74) is 0.778. The highest BCUT2D eigenvalue weighted by molar-refractivity contribution is 5.68. The molecule has 1 fully saturated rings. The number of alkyl carbamates (subject to hydrolysis) is 1. The van der Waals surface area contributed by atoms with Gasteiger partial charge in [-0.15, -0.1) is 0 Å². The lowest BCUT2D eigenvalue weighted by Crippen LogP contribution is -2.41. The Bertz CT molecular complexity index is 473. The fraction of sp³-hybridized carbons (Fsp3) is 0.632. The predicted molar refractivity (Wildman–Crippen MR) is 91.2 cm³/mol. The van der Waals surface area contributed by atoms with Crippen LogP contribution in [0.4, 0.5) is 4.79 Å². The molecule has 1 aromatic carbocycles. The first-order valence-corrected chi connectivity index (χ1v) is 8.53. The molecule has 0 bridgehead atoms. The average molecular weight is 319 g/mol. The van der Waals surface area contributed by atoms with Crippen molar-refractivity contribution in [3.63, 3.8) is 0 Å². The minimum absolute atomic E-state index is 0.232. The van der Waals surface area contributed by atoms with E-state index in [9.17, 15) is 4.79 Å². The SMILES string of the molecule is CC(C)(C)OC(=O)NC1CCC(COCc2ccccc2)CC1. The van der Waals surface area contributed by atoms with E-state index in [0.29, 0.717) is 12.5 Å². The minimum atomic E-state index is -0.438. The largest absolute Gasteiger partial charge is 0.444 e. The highest BCUT2D eigenvalue weighted by Crippen LogP contribution is 2.25. The quantitative estimate of drug-likeness (QED) is 0.881. The van der Waals surface area contributed by atoms with Gasteiger partial charge in [0.1, 0.15) is 5.60 Å². The van der Waals surface area contributed by atoms with Crippen molar-refractivity contribution in [1.82, 2.24) is 5.32 Å². The van der Waals surface area contributed by atoms with Gasteiger partial charge in [0.05, 0.1) is 6.61 Å². The van der Waals surface area contributed by atoms with Gasteiger partial charge in [-0.3, -0.25) is 0 Å². The molecule has 1 aliphatic carbocycles. The molecule has 0 saturated heterocycles. The molecule has 1 amide bonds. The van der Waals surface area contributed by atoms with Crippen LogP contribution >= 0.6 is 0 Å². The van der Waals surface area contributed by atoms with Crippen LogP contribution in [0.3, 0.4) is 0 Å². The van der Waals surface area contributed by atoms with Crippen LogP contribution in [0.2, 0.25) is 0 Å². The van der Waals surface area contributed by atoms with E-state index in [4.69, 9.17) is 9.47 Å². The zero-order valence-corrected chi connectivity index (χ0v) is 14.5. The Balaban J connectivity index is 1.61. The molecule has 0 aliphatic heterocycles. The van der Waals surface area contributed by atoms with Crippen molar-refractivity contribution in [2.24, 2.45) is 5.92 Å². The molecule has 0 aromatic heterocycles. The maximum atomic E-state index is 11.8. The third-order valence-corrected chi connectivity index (χ3v) is 4.03. The number of hydrogen-bond donors (Lipinski definition) is 1. The standard InChI is InChI=1S/C19H29NO3/c1-19(2,3)23-18(21)20-17-11-9-16(10-12-17)14-22-13-15-7-5-4-6-8-15/h4-8,16-17H,9-14H2,1-3H3,(H,20,21). The van der Waals surface area contributed by atoms with Crippen LogP contribution < -0.4 is 5.32 Å². The summed E-state index contributed by atoms with van der Waals surface area (Å²) in [4.78, 5) is 11.8. The number of ether oxygens (including phenoxy) is 2. The van der Waals surface area contributed by atoms with Gasteiger partial charge in [-0.05, 0) is 57.9 Å². The van der Waals surface area contributed by atoms with Gasteiger partial charge in [0, 0.05) is 12.6 Å². The molecule has 1 N–H and O–H groups in total. The minimum Gasteiger partial charge on any atom is -0.444 e. The monoisotopic (exact) mass is 319 g/mol. The van der Waals surface area contributed by atoms with E-state index in [1.54, 1.807) is 0 Å². The molecule has 0 spiro atoms. The zero-order valence-electron chi connectivity index (χ0n) is 14.5. The highest BCUT2D eigenvalue weighted by atomic mass is 16.6. The molecule has 128 valence electrons. The number of nitrogens with one attached hydrogen (secondary N) is 1. The van der Waals surface area contributed by atoms with Crippen molar-refractivity contribution in [3.8, 4) is 0 Å². The molecule has 2 rings (SSSR count). The van der Waals surface area contributed by atoms with E-state index in [1.807, 2.05) is 39.0 Å². The molecule has 23 heavy (non-hydrogen) atoms. The third-order valence-electron chi connectivity index (χ3n) is 4.03. The maximum Gasteiger partial charge on any atom is 0.407 e. The zero-order chi connectivity index (χ0) is 16.7. The Morgan fingerprint density at radius 3 is 2.39 bits per heavy atom.